The number of hydrogen-bond donors (Lipinski definition) is 1. The normalized spacial score (nSPS) is 16.3. The summed E-state index contributed by atoms with van der Waals surface area (Å²) in [5.41, 5.74) is 3.88. The van der Waals surface area contributed by atoms with E-state index >= 15 is 0 Å². The van der Waals surface area contributed by atoms with Crippen LogP contribution in [0.4, 0.5) is 4.39 Å². The Morgan fingerprint density at radius 3 is 2.91 bits per heavy atom. The standard InChI is InChI=1S/C7H12FN3/c1-7(8,4-9)5-11-3-2-10-6-11/h2-3,6H,4-5,9H2,1H3. The number of imidazole rings is 1. The van der Waals surface area contributed by atoms with Crippen LogP contribution in [0.1, 0.15) is 6.92 Å². The molecule has 1 aromatic rings. The van der Waals surface area contributed by atoms with Crippen LogP contribution in [0.25, 0.3) is 0 Å². The fourth-order valence-corrected chi connectivity index (χ4v) is 0.825. The number of hydrogen-bond acceptors (Lipinski definition) is 2. The van der Waals surface area contributed by atoms with Crippen molar-refractivity contribution < 1.29 is 4.39 Å². The first kappa shape index (κ1) is 8.20. The van der Waals surface area contributed by atoms with E-state index in [0.717, 1.165) is 0 Å². The van der Waals surface area contributed by atoms with Crippen molar-refractivity contribution in [1.29, 1.82) is 0 Å². The molecule has 0 spiro atoms. The lowest BCUT2D eigenvalue weighted by atomic mass is 10.1. The predicted octanol–water partition coefficient (Wildman–Crippen LogP) is 0.570. The molecule has 1 heterocycles. The van der Waals surface area contributed by atoms with E-state index < -0.39 is 5.67 Å². The first-order chi connectivity index (χ1) is 5.14. The van der Waals surface area contributed by atoms with Crippen LogP contribution in [-0.4, -0.2) is 21.8 Å². The third kappa shape index (κ3) is 2.31. The molecule has 4 heteroatoms. The van der Waals surface area contributed by atoms with Gasteiger partial charge in [-0.25, -0.2) is 9.37 Å². The van der Waals surface area contributed by atoms with E-state index in [1.807, 2.05) is 0 Å². The van der Waals surface area contributed by atoms with Crippen molar-refractivity contribution in [2.75, 3.05) is 6.54 Å². The van der Waals surface area contributed by atoms with Crippen molar-refractivity contribution in [2.45, 2.75) is 19.1 Å². The lowest BCUT2D eigenvalue weighted by molar-refractivity contribution is 0.171. The second-order valence-corrected chi connectivity index (χ2v) is 2.85. The van der Waals surface area contributed by atoms with Crippen LogP contribution in [0.5, 0.6) is 0 Å². The Balaban J connectivity index is 2.56. The Hall–Kier alpha value is -0.900. The van der Waals surface area contributed by atoms with Crippen molar-refractivity contribution in [3.05, 3.63) is 18.7 Å². The van der Waals surface area contributed by atoms with Gasteiger partial charge in [0, 0.05) is 18.9 Å². The third-order valence-electron chi connectivity index (χ3n) is 1.50. The molecule has 1 unspecified atom stereocenters. The Kier molecular flexibility index (Phi) is 2.24. The molecular weight excluding hydrogens is 145 g/mol. The van der Waals surface area contributed by atoms with Gasteiger partial charge in [-0.05, 0) is 6.92 Å². The van der Waals surface area contributed by atoms with E-state index in [-0.39, 0.29) is 13.1 Å². The molecular formula is C7H12FN3. The summed E-state index contributed by atoms with van der Waals surface area (Å²) in [7, 11) is 0. The maximum Gasteiger partial charge on any atom is 0.138 e. The Morgan fingerprint density at radius 1 is 1.73 bits per heavy atom. The van der Waals surface area contributed by atoms with Gasteiger partial charge < -0.3 is 10.3 Å². The van der Waals surface area contributed by atoms with Gasteiger partial charge in [-0.15, -0.1) is 0 Å². The summed E-state index contributed by atoms with van der Waals surface area (Å²) in [6.45, 7) is 1.78. The van der Waals surface area contributed by atoms with Crippen molar-refractivity contribution in [1.82, 2.24) is 9.55 Å². The minimum absolute atomic E-state index is 0.0329. The summed E-state index contributed by atoms with van der Waals surface area (Å²) in [5, 5.41) is 0. The first-order valence-corrected chi connectivity index (χ1v) is 3.49. The fourth-order valence-electron chi connectivity index (χ4n) is 0.825. The number of alkyl halides is 1. The third-order valence-corrected chi connectivity index (χ3v) is 1.50. The highest BCUT2D eigenvalue weighted by atomic mass is 19.1. The summed E-state index contributed by atoms with van der Waals surface area (Å²) >= 11 is 0. The fraction of sp³-hybridized carbons (Fsp3) is 0.571. The van der Waals surface area contributed by atoms with Crippen molar-refractivity contribution in [2.24, 2.45) is 5.73 Å². The van der Waals surface area contributed by atoms with Gasteiger partial charge >= 0.3 is 0 Å². The van der Waals surface area contributed by atoms with Gasteiger partial charge in [0.15, 0.2) is 0 Å². The molecule has 0 aliphatic rings. The van der Waals surface area contributed by atoms with Crippen molar-refractivity contribution in [3.63, 3.8) is 0 Å². The summed E-state index contributed by atoms with van der Waals surface area (Å²) < 4.78 is 14.9. The van der Waals surface area contributed by atoms with E-state index in [0.29, 0.717) is 0 Å². The van der Waals surface area contributed by atoms with Gasteiger partial charge in [-0.2, -0.15) is 0 Å². The number of aromatic nitrogens is 2. The van der Waals surface area contributed by atoms with Gasteiger partial charge in [0.1, 0.15) is 5.67 Å². The molecule has 0 radical (unpaired) electrons. The highest BCUT2D eigenvalue weighted by molar-refractivity contribution is 4.81. The van der Waals surface area contributed by atoms with Crippen LogP contribution in [0.3, 0.4) is 0 Å². The smallest absolute Gasteiger partial charge is 0.138 e. The topological polar surface area (TPSA) is 43.8 Å². The number of halogens is 1. The largest absolute Gasteiger partial charge is 0.334 e. The Labute approximate surface area is 65.0 Å². The second-order valence-electron chi connectivity index (χ2n) is 2.85. The molecule has 1 aromatic heterocycles. The molecule has 0 bridgehead atoms. The molecule has 0 aromatic carbocycles. The summed E-state index contributed by atoms with van der Waals surface area (Å²) in [6.07, 6.45) is 4.91. The molecule has 0 aliphatic carbocycles. The zero-order valence-corrected chi connectivity index (χ0v) is 6.50. The van der Waals surface area contributed by atoms with Gasteiger partial charge in [0.25, 0.3) is 0 Å². The maximum atomic E-state index is 13.2. The van der Waals surface area contributed by atoms with E-state index in [1.54, 1.807) is 23.3 Å². The quantitative estimate of drug-likeness (QED) is 0.697. The zero-order valence-electron chi connectivity index (χ0n) is 6.50. The van der Waals surface area contributed by atoms with E-state index in [2.05, 4.69) is 4.98 Å². The second kappa shape index (κ2) is 3.00. The van der Waals surface area contributed by atoms with Gasteiger partial charge in [-0.1, -0.05) is 0 Å². The molecule has 0 saturated carbocycles. The molecule has 1 rings (SSSR count). The molecule has 11 heavy (non-hydrogen) atoms. The molecule has 0 fully saturated rings. The number of rotatable bonds is 3. The van der Waals surface area contributed by atoms with Crippen LogP contribution >= 0.6 is 0 Å². The van der Waals surface area contributed by atoms with Crippen LogP contribution in [-0.2, 0) is 6.54 Å². The molecule has 62 valence electrons. The van der Waals surface area contributed by atoms with Crippen LogP contribution < -0.4 is 5.73 Å². The molecule has 3 nitrogen and oxygen atoms in total. The average molecular weight is 157 g/mol. The van der Waals surface area contributed by atoms with Gasteiger partial charge in [-0.3, -0.25) is 0 Å². The van der Waals surface area contributed by atoms with Crippen LogP contribution in [0.15, 0.2) is 18.7 Å². The van der Waals surface area contributed by atoms with E-state index in [1.165, 1.54) is 6.92 Å². The van der Waals surface area contributed by atoms with Crippen LogP contribution in [0, 0.1) is 0 Å². The monoisotopic (exact) mass is 157 g/mol. The molecule has 0 amide bonds. The molecule has 2 N–H and O–H groups in total. The molecule has 0 saturated heterocycles. The Bertz CT molecular complexity index is 205. The number of nitrogens with zero attached hydrogens (tertiary/aromatic N) is 2. The predicted molar refractivity (Wildman–Crippen MR) is 40.8 cm³/mol. The lowest BCUT2D eigenvalue weighted by Gasteiger charge is -2.17. The number of nitrogens with two attached hydrogens (primary N) is 1. The lowest BCUT2D eigenvalue weighted by Crippen LogP contribution is -2.33. The molecule has 0 aliphatic heterocycles. The van der Waals surface area contributed by atoms with Gasteiger partial charge in [0.2, 0.25) is 0 Å². The highest BCUT2D eigenvalue weighted by Crippen LogP contribution is 2.10. The summed E-state index contributed by atoms with van der Waals surface area (Å²) in [6, 6.07) is 0. The SMILES string of the molecule is CC(F)(CN)Cn1ccnc1. The molecule has 1 atom stereocenters. The first-order valence-electron chi connectivity index (χ1n) is 3.49. The van der Waals surface area contributed by atoms with Gasteiger partial charge in [0.05, 0.1) is 12.9 Å². The van der Waals surface area contributed by atoms with Crippen LogP contribution in [0.2, 0.25) is 0 Å². The van der Waals surface area contributed by atoms with Crippen molar-refractivity contribution in [3.8, 4) is 0 Å². The Morgan fingerprint density at radius 2 is 2.45 bits per heavy atom. The average Bonchev–Trinajstić information content (AvgIpc) is 2.39. The minimum Gasteiger partial charge on any atom is -0.334 e. The zero-order chi connectivity index (χ0) is 8.32. The maximum absolute atomic E-state index is 13.2. The highest BCUT2D eigenvalue weighted by Gasteiger charge is 2.20. The van der Waals surface area contributed by atoms with E-state index in [9.17, 15) is 4.39 Å². The van der Waals surface area contributed by atoms with Crippen molar-refractivity contribution >= 4 is 0 Å². The minimum atomic E-state index is -1.33. The summed E-state index contributed by atoms with van der Waals surface area (Å²) in [4.78, 5) is 3.80. The van der Waals surface area contributed by atoms with E-state index in [4.69, 9.17) is 5.73 Å². The summed E-state index contributed by atoms with van der Waals surface area (Å²) in [5.74, 6) is 0.